The SMILES string of the molecule is CC1(C)CCCC(CO)(Nc2ccc(Cl)cc2)CC1. The van der Waals surface area contributed by atoms with Crippen molar-refractivity contribution < 1.29 is 5.11 Å². The monoisotopic (exact) mass is 281 g/mol. The van der Waals surface area contributed by atoms with Crippen LogP contribution in [-0.2, 0) is 0 Å². The predicted molar refractivity (Wildman–Crippen MR) is 81.8 cm³/mol. The van der Waals surface area contributed by atoms with Crippen molar-refractivity contribution >= 4 is 17.3 Å². The van der Waals surface area contributed by atoms with Crippen molar-refractivity contribution in [2.24, 2.45) is 5.41 Å². The van der Waals surface area contributed by atoms with Gasteiger partial charge in [-0.2, -0.15) is 0 Å². The van der Waals surface area contributed by atoms with E-state index in [0.717, 1.165) is 36.4 Å². The zero-order valence-corrected chi connectivity index (χ0v) is 12.6. The van der Waals surface area contributed by atoms with E-state index in [1.807, 2.05) is 24.3 Å². The molecule has 2 N–H and O–H groups in total. The average Bonchev–Trinajstić information content (AvgIpc) is 2.52. The highest BCUT2D eigenvalue weighted by Crippen LogP contribution is 2.39. The third-order valence-corrected chi connectivity index (χ3v) is 4.60. The molecule has 1 aliphatic carbocycles. The van der Waals surface area contributed by atoms with E-state index in [9.17, 15) is 5.11 Å². The molecule has 0 aromatic heterocycles. The van der Waals surface area contributed by atoms with Gasteiger partial charge in [0.1, 0.15) is 0 Å². The van der Waals surface area contributed by atoms with Crippen molar-refractivity contribution in [3.63, 3.8) is 0 Å². The van der Waals surface area contributed by atoms with Gasteiger partial charge in [0.2, 0.25) is 0 Å². The van der Waals surface area contributed by atoms with E-state index < -0.39 is 0 Å². The van der Waals surface area contributed by atoms with Gasteiger partial charge in [0.05, 0.1) is 12.1 Å². The molecule has 1 atom stereocenters. The first-order valence-electron chi connectivity index (χ1n) is 7.09. The number of hydrogen-bond donors (Lipinski definition) is 2. The van der Waals surface area contributed by atoms with Crippen LogP contribution in [0.1, 0.15) is 46.0 Å². The lowest BCUT2D eigenvalue weighted by molar-refractivity contribution is 0.191. The number of hydrogen-bond acceptors (Lipinski definition) is 2. The maximum absolute atomic E-state index is 9.86. The summed E-state index contributed by atoms with van der Waals surface area (Å²) in [6.07, 6.45) is 5.58. The van der Waals surface area contributed by atoms with Crippen LogP contribution in [0.5, 0.6) is 0 Å². The van der Waals surface area contributed by atoms with Crippen molar-refractivity contribution in [1.29, 1.82) is 0 Å². The summed E-state index contributed by atoms with van der Waals surface area (Å²) in [6, 6.07) is 7.73. The summed E-state index contributed by atoms with van der Waals surface area (Å²) < 4.78 is 0. The largest absolute Gasteiger partial charge is 0.394 e. The van der Waals surface area contributed by atoms with Crippen molar-refractivity contribution in [1.82, 2.24) is 0 Å². The molecule has 0 radical (unpaired) electrons. The molecular formula is C16H24ClNO. The number of aliphatic hydroxyl groups is 1. The molecule has 0 heterocycles. The van der Waals surface area contributed by atoms with Crippen LogP contribution in [0.3, 0.4) is 0 Å². The molecule has 0 amide bonds. The van der Waals surface area contributed by atoms with Crippen LogP contribution in [0, 0.1) is 5.41 Å². The Morgan fingerprint density at radius 2 is 1.79 bits per heavy atom. The van der Waals surface area contributed by atoms with E-state index >= 15 is 0 Å². The number of rotatable bonds is 3. The predicted octanol–water partition coefficient (Wildman–Crippen LogP) is 4.47. The van der Waals surface area contributed by atoms with Gasteiger partial charge in [0.25, 0.3) is 0 Å². The van der Waals surface area contributed by atoms with Gasteiger partial charge in [-0.3, -0.25) is 0 Å². The Balaban J connectivity index is 2.11. The van der Waals surface area contributed by atoms with Crippen molar-refractivity contribution in [3.05, 3.63) is 29.3 Å². The number of halogens is 1. The molecule has 106 valence electrons. The van der Waals surface area contributed by atoms with Gasteiger partial charge < -0.3 is 10.4 Å². The lowest BCUT2D eigenvalue weighted by Crippen LogP contribution is -2.41. The maximum atomic E-state index is 9.86. The van der Waals surface area contributed by atoms with Gasteiger partial charge in [0.15, 0.2) is 0 Å². The lowest BCUT2D eigenvalue weighted by atomic mass is 9.83. The molecule has 1 fully saturated rings. The fraction of sp³-hybridized carbons (Fsp3) is 0.625. The molecular weight excluding hydrogens is 258 g/mol. The first-order chi connectivity index (χ1) is 8.95. The summed E-state index contributed by atoms with van der Waals surface area (Å²) in [5, 5.41) is 14.1. The quantitative estimate of drug-likeness (QED) is 0.801. The maximum Gasteiger partial charge on any atom is 0.0661 e. The summed E-state index contributed by atoms with van der Waals surface area (Å²) in [5.74, 6) is 0. The van der Waals surface area contributed by atoms with Gasteiger partial charge in [-0.1, -0.05) is 31.9 Å². The standard InChI is InChI=1S/C16H24ClNO/c1-15(2)8-3-9-16(12-19,11-10-15)18-14-6-4-13(17)5-7-14/h4-7,18-19H,3,8-12H2,1-2H3. The molecule has 0 spiro atoms. The van der Waals surface area contributed by atoms with Crippen LogP contribution < -0.4 is 5.32 Å². The Hall–Kier alpha value is -0.730. The molecule has 0 bridgehead atoms. The summed E-state index contributed by atoms with van der Waals surface area (Å²) >= 11 is 5.91. The third kappa shape index (κ3) is 3.87. The minimum Gasteiger partial charge on any atom is -0.394 e. The molecule has 2 rings (SSSR count). The van der Waals surface area contributed by atoms with E-state index in [-0.39, 0.29) is 12.1 Å². The minimum absolute atomic E-state index is 0.179. The Kier molecular flexibility index (Phi) is 4.42. The number of aliphatic hydroxyl groups excluding tert-OH is 1. The summed E-state index contributed by atoms with van der Waals surface area (Å²) in [4.78, 5) is 0. The zero-order chi connectivity index (χ0) is 13.9. The number of benzene rings is 1. The zero-order valence-electron chi connectivity index (χ0n) is 11.9. The minimum atomic E-state index is -0.179. The topological polar surface area (TPSA) is 32.3 Å². The molecule has 0 saturated heterocycles. The molecule has 19 heavy (non-hydrogen) atoms. The Morgan fingerprint density at radius 1 is 1.11 bits per heavy atom. The Labute approximate surface area is 121 Å². The summed E-state index contributed by atoms with van der Waals surface area (Å²) in [6.45, 7) is 4.83. The van der Waals surface area contributed by atoms with E-state index in [1.54, 1.807) is 0 Å². The van der Waals surface area contributed by atoms with Crippen LogP contribution in [0.25, 0.3) is 0 Å². The van der Waals surface area contributed by atoms with E-state index in [2.05, 4.69) is 19.2 Å². The molecule has 2 nitrogen and oxygen atoms in total. The molecule has 1 aromatic carbocycles. The second-order valence-corrected chi connectivity index (χ2v) is 7.02. The highest BCUT2D eigenvalue weighted by Gasteiger charge is 2.35. The average molecular weight is 282 g/mol. The second kappa shape index (κ2) is 5.72. The molecule has 0 aliphatic heterocycles. The third-order valence-electron chi connectivity index (χ3n) is 4.35. The van der Waals surface area contributed by atoms with Crippen molar-refractivity contribution in [2.75, 3.05) is 11.9 Å². The van der Waals surface area contributed by atoms with Crippen molar-refractivity contribution in [2.45, 2.75) is 51.5 Å². The molecule has 1 unspecified atom stereocenters. The van der Waals surface area contributed by atoms with Gasteiger partial charge in [-0.05, 0) is 55.4 Å². The molecule has 3 heteroatoms. The van der Waals surface area contributed by atoms with Crippen LogP contribution in [-0.4, -0.2) is 17.3 Å². The van der Waals surface area contributed by atoms with Crippen LogP contribution in [0.15, 0.2) is 24.3 Å². The van der Waals surface area contributed by atoms with Gasteiger partial charge in [-0.25, -0.2) is 0 Å². The van der Waals surface area contributed by atoms with E-state index in [0.29, 0.717) is 5.41 Å². The van der Waals surface area contributed by atoms with E-state index in [1.165, 1.54) is 6.42 Å². The Morgan fingerprint density at radius 3 is 2.42 bits per heavy atom. The van der Waals surface area contributed by atoms with E-state index in [4.69, 9.17) is 11.6 Å². The van der Waals surface area contributed by atoms with Crippen molar-refractivity contribution in [3.8, 4) is 0 Å². The molecule has 1 aromatic rings. The summed E-state index contributed by atoms with van der Waals surface area (Å²) in [5.41, 5.74) is 1.25. The van der Waals surface area contributed by atoms with Gasteiger partial charge in [-0.15, -0.1) is 0 Å². The van der Waals surface area contributed by atoms with Crippen LogP contribution >= 0.6 is 11.6 Å². The van der Waals surface area contributed by atoms with Gasteiger partial charge >= 0.3 is 0 Å². The second-order valence-electron chi connectivity index (χ2n) is 6.59. The normalized spacial score (nSPS) is 26.7. The number of nitrogens with one attached hydrogen (secondary N) is 1. The summed E-state index contributed by atoms with van der Waals surface area (Å²) in [7, 11) is 0. The Bertz CT molecular complexity index is 415. The number of anilines is 1. The lowest BCUT2D eigenvalue weighted by Gasteiger charge is -2.34. The highest BCUT2D eigenvalue weighted by atomic mass is 35.5. The first kappa shape index (κ1) is 14.7. The smallest absolute Gasteiger partial charge is 0.0661 e. The van der Waals surface area contributed by atoms with Crippen LogP contribution in [0.4, 0.5) is 5.69 Å². The fourth-order valence-corrected chi connectivity index (χ4v) is 3.02. The highest BCUT2D eigenvalue weighted by molar-refractivity contribution is 6.30. The molecule has 1 aliphatic rings. The fourth-order valence-electron chi connectivity index (χ4n) is 2.90. The van der Waals surface area contributed by atoms with Crippen LogP contribution in [0.2, 0.25) is 5.02 Å². The van der Waals surface area contributed by atoms with Gasteiger partial charge in [0, 0.05) is 10.7 Å². The first-order valence-corrected chi connectivity index (χ1v) is 7.47. The molecule has 1 saturated carbocycles.